The molecule has 0 aliphatic carbocycles. The second-order valence-electron chi connectivity index (χ2n) is 7.28. The third-order valence-corrected chi connectivity index (χ3v) is 5.85. The van der Waals surface area contributed by atoms with Crippen LogP contribution in [0.4, 0.5) is 0 Å². The Labute approximate surface area is 190 Å². The topological polar surface area (TPSA) is 70.7 Å². The predicted octanol–water partition coefficient (Wildman–Crippen LogP) is 3.59. The van der Waals surface area contributed by atoms with Crippen molar-refractivity contribution in [3.63, 3.8) is 0 Å². The Morgan fingerprint density at radius 3 is 2.50 bits per heavy atom. The molecule has 0 saturated carbocycles. The minimum Gasteiger partial charge on any atom is -0.454 e. The highest BCUT2D eigenvalue weighted by atomic mass is 79.9. The first-order valence-electron chi connectivity index (χ1n) is 9.91. The Hall–Kier alpha value is -3.91. The summed E-state index contributed by atoms with van der Waals surface area (Å²) in [6.07, 6.45) is 1.82. The highest BCUT2D eigenvalue weighted by Gasteiger charge is 2.20. The lowest BCUT2D eigenvalue weighted by molar-refractivity contribution is 0.174. The van der Waals surface area contributed by atoms with Crippen LogP contribution in [0.3, 0.4) is 0 Å². The van der Waals surface area contributed by atoms with E-state index in [1.807, 2.05) is 78.9 Å². The van der Waals surface area contributed by atoms with Gasteiger partial charge in [-0.05, 0) is 48.0 Å². The molecular formula is C24H15BrN4O3. The van der Waals surface area contributed by atoms with Crippen LogP contribution in [-0.2, 0) is 0 Å². The first-order valence-corrected chi connectivity index (χ1v) is 10.7. The van der Waals surface area contributed by atoms with Crippen LogP contribution in [-0.4, -0.2) is 26.0 Å². The molecule has 3 aromatic carbocycles. The Morgan fingerprint density at radius 2 is 1.69 bits per heavy atom. The van der Waals surface area contributed by atoms with Gasteiger partial charge in [0, 0.05) is 10.0 Å². The first kappa shape index (κ1) is 18.8. The van der Waals surface area contributed by atoms with Gasteiger partial charge < -0.3 is 9.47 Å². The van der Waals surface area contributed by atoms with Crippen molar-refractivity contribution >= 4 is 27.8 Å². The fourth-order valence-electron chi connectivity index (χ4n) is 3.83. The molecule has 0 amide bonds. The molecule has 8 heteroatoms. The number of imidazole rings is 1. The van der Waals surface area contributed by atoms with Gasteiger partial charge in [0.05, 0.1) is 5.69 Å². The molecule has 0 N–H and O–H groups in total. The van der Waals surface area contributed by atoms with E-state index >= 15 is 0 Å². The van der Waals surface area contributed by atoms with Crippen LogP contribution in [0, 0.1) is 0 Å². The first-order chi connectivity index (χ1) is 15.7. The molecule has 7 nitrogen and oxygen atoms in total. The summed E-state index contributed by atoms with van der Waals surface area (Å²) in [6, 6.07) is 22.8. The molecule has 1 aliphatic heterocycles. The van der Waals surface area contributed by atoms with E-state index in [2.05, 4.69) is 26.1 Å². The van der Waals surface area contributed by atoms with E-state index in [-0.39, 0.29) is 12.4 Å². The summed E-state index contributed by atoms with van der Waals surface area (Å²) < 4.78 is 15.2. The fraction of sp³-hybridized carbons (Fsp3) is 0.0417. The summed E-state index contributed by atoms with van der Waals surface area (Å²) >= 11 is 3.45. The largest absolute Gasteiger partial charge is 0.454 e. The lowest BCUT2D eigenvalue weighted by Crippen LogP contribution is -2.30. The van der Waals surface area contributed by atoms with Gasteiger partial charge in [0.15, 0.2) is 17.3 Å². The van der Waals surface area contributed by atoms with Gasteiger partial charge in [0.2, 0.25) is 12.6 Å². The third-order valence-electron chi connectivity index (χ3n) is 5.33. The molecule has 32 heavy (non-hydrogen) atoms. The van der Waals surface area contributed by atoms with E-state index in [0.29, 0.717) is 34.1 Å². The van der Waals surface area contributed by atoms with Gasteiger partial charge in [0.25, 0.3) is 5.56 Å². The average molecular weight is 487 g/mol. The van der Waals surface area contributed by atoms with Gasteiger partial charge in [-0.2, -0.15) is 0 Å². The van der Waals surface area contributed by atoms with Crippen molar-refractivity contribution in [1.82, 2.24) is 19.2 Å². The monoisotopic (exact) mass is 486 g/mol. The van der Waals surface area contributed by atoms with Gasteiger partial charge in [-0.25, -0.2) is 4.57 Å². The summed E-state index contributed by atoms with van der Waals surface area (Å²) in [6.45, 7) is 0.194. The molecule has 156 valence electrons. The third kappa shape index (κ3) is 2.99. The van der Waals surface area contributed by atoms with E-state index in [1.54, 1.807) is 8.97 Å². The second-order valence-corrected chi connectivity index (χ2v) is 8.20. The number of rotatable bonds is 3. The molecular weight excluding hydrogens is 472 g/mol. The smallest absolute Gasteiger partial charge is 0.282 e. The van der Waals surface area contributed by atoms with E-state index in [4.69, 9.17) is 9.47 Å². The Kier molecular flexibility index (Phi) is 4.32. The highest BCUT2D eigenvalue weighted by molar-refractivity contribution is 9.10. The molecule has 5 aromatic rings. The van der Waals surface area contributed by atoms with Crippen molar-refractivity contribution in [1.29, 1.82) is 0 Å². The summed E-state index contributed by atoms with van der Waals surface area (Å²) in [5.74, 6) is 2.39. The van der Waals surface area contributed by atoms with Gasteiger partial charge in [-0.3, -0.25) is 9.20 Å². The molecule has 0 saturated heterocycles. The van der Waals surface area contributed by atoms with Gasteiger partial charge in [0.1, 0.15) is 5.35 Å². The Balaban J connectivity index is 1.66. The number of nitrogens with zero attached hydrogens (tertiary/aromatic N) is 4. The van der Waals surface area contributed by atoms with Crippen LogP contribution >= 0.6 is 15.9 Å². The molecule has 0 bridgehead atoms. The molecule has 0 spiro atoms. The van der Waals surface area contributed by atoms with Gasteiger partial charge in [-0.15, -0.1) is 10.2 Å². The fourth-order valence-corrected chi connectivity index (χ4v) is 4.09. The number of hydrogen-bond donors (Lipinski definition) is 0. The minimum atomic E-state index is -0.188. The Bertz CT molecular complexity index is 1570. The lowest BCUT2D eigenvalue weighted by atomic mass is 10.2. The molecule has 0 fully saturated rings. The van der Waals surface area contributed by atoms with Crippen molar-refractivity contribution in [3.05, 3.63) is 98.5 Å². The summed E-state index contributed by atoms with van der Waals surface area (Å²) in [7, 11) is 0. The zero-order valence-electron chi connectivity index (χ0n) is 16.6. The number of halogens is 1. The van der Waals surface area contributed by atoms with Crippen molar-refractivity contribution in [2.75, 3.05) is 6.79 Å². The molecule has 1 aliphatic rings. The maximum absolute atomic E-state index is 13.6. The maximum Gasteiger partial charge on any atom is 0.282 e. The summed E-state index contributed by atoms with van der Waals surface area (Å²) in [5, 5.41) is 9.23. The van der Waals surface area contributed by atoms with Crippen LogP contribution in [0.25, 0.3) is 28.9 Å². The van der Waals surface area contributed by atoms with Crippen molar-refractivity contribution in [2.24, 2.45) is 0 Å². The summed E-state index contributed by atoms with van der Waals surface area (Å²) in [4.78, 5) is 13.6. The predicted molar refractivity (Wildman–Crippen MR) is 123 cm³/mol. The molecule has 0 atom stereocenters. The molecule has 0 radical (unpaired) electrons. The summed E-state index contributed by atoms with van der Waals surface area (Å²) in [5.41, 5.74) is 2.20. The van der Waals surface area contributed by atoms with Crippen molar-refractivity contribution in [2.45, 2.75) is 0 Å². The number of benzene rings is 3. The molecule has 3 heterocycles. The average Bonchev–Trinajstić information content (AvgIpc) is 3.51. The van der Waals surface area contributed by atoms with Gasteiger partial charge in [-0.1, -0.05) is 52.3 Å². The molecule has 0 unspecified atom stereocenters. The van der Waals surface area contributed by atoms with Crippen LogP contribution in [0.5, 0.6) is 11.5 Å². The van der Waals surface area contributed by atoms with Crippen LogP contribution in [0.1, 0.15) is 5.56 Å². The van der Waals surface area contributed by atoms with Gasteiger partial charge >= 0.3 is 0 Å². The quantitative estimate of drug-likeness (QED) is 0.389. The number of aromatic nitrogens is 4. The van der Waals surface area contributed by atoms with Crippen molar-refractivity contribution < 1.29 is 9.47 Å². The maximum atomic E-state index is 13.6. The number of hydrogen-bond acceptors (Lipinski definition) is 5. The zero-order valence-corrected chi connectivity index (χ0v) is 18.2. The molecule has 6 rings (SSSR count). The highest BCUT2D eigenvalue weighted by Crippen LogP contribution is 2.32. The Morgan fingerprint density at radius 1 is 0.906 bits per heavy atom. The van der Waals surface area contributed by atoms with Crippen LogP contribution < -0.4 is 20.4 Å². The van der Waals surface area contributed by atoms with E-state index in [9.17, 15) is 4.79 Å². The zero-order chi connectivity index (χ0) is 21.7. The minimum absolute atomic E-state index is 0.188. The molecule has 2 aromatic heterocycles. The standard InChI is InChI=1S/C24H15BrN4O3/c25-17-7-9-18(10-8-17)28-23(30)19(12-15-6-11-20-21(13-15)32-14-31-20)29-22(26-27-24(28)29)16-4-2-1-3-5-16/h1-13H,14H2/b19-12+. The number of fused-ring (bicyclic) bond motifs is 2. The van der Waals surface area contributed by atoms with E-state index in [1.165, 1.54) is 0 Å². The SMILES string of the molecule is O=c1/c(=C\c2ccc3c(c2)OCO3)n2c(-c3ccccc3)nnc2n1-c1ccc(Br)cc1. The number of ether oxygens (including phenoxy) is 2. The van der Waals surface area contributed by atoms with E-state index < -0.39 is 0 Å². The van der Waals surface area contributed by atoms with E-state index in [0.717, 1.165) is 15.6 Å². The second kappa shape index (κ2) is 7.35. The lowest BCUT2D eigenvalue weighted by Gasteiger charge is -2.00. The van der Waals surface area contributed by atoms with Crippen LogP contribution in [0.15, 0.2) is 82.1 Å². The van der Waals surface area contributed by atoms with Crippen LogP contribution in [0.2, 0.25) is 0 Å². The normalized spacial score (nSPS) is 13.2. The van der Waals surface area contributed by atoms with Crippen molar-refractivity contribution in [3.8, 4) is 28.6 Å².